The molecule has 27 heavy (non-hydrogen) atoms. The zero-order valence-corrected chi connectivity index (χ0v) is 14.8. The molecule has 1 saturated heterocycles. The minimum atomic E-state index is -0.537. The lowest BCUT2D eigenvalue weighted by atomic mass is 10.2. The molecule has 1 fully saturated rings. The van der Waals surface area contributed by atoms with Gasteiger partial charge in [-0.05, 0) is 43.7 Å². The van der Waals surface area contributed by atoms with Crippen LogP contribution in [0.5, 0.6) is 0 Å². The van der Waals surface area contributed by atoms with Crippen LogP contribution in [0, 0.1) is 10.1 Å². The van der Waals surface area contributed by atoms with Crippen LogP contribution in [0.4, 0.5) is 22.7 Å². The number of non-ortho nitro benzene ring substituents is 1. The first-order chi connectivity index (χ1) is 12.9. The summed E-state index contributed by atoms with van der Waals surface area (Å²) < 4.78 is 0. The number of benzene rings is 2. The first-order valence-corrected chi connectivity index (χ1v) is 8.66. The highest BCUT2D eigenvalue weighted by Crippen LogP contribution is 2.24. The Morgan fingerprint density at radius 3 is 2.56 bits per heavy atom. The zero-order chi connectivity index (χ0) is 19.4. The smallest absolute Gasteiger partial charge is 0.269 e. The number of nitrogens with one attached hydrogen (secondary N) is 2. The van der Waals surface area contributed by atoms with Gasteiger partial charge in [-0.1, -0.05) is 6.07 Å². The van der Waals surface area contributed by atoms with Crippen LogP contribution < -0.4 is 15.5 Å². The topological polar surface area (TPSA) is 105 Å². The molecule has 1 aliphatic rings. The minimum Gasteiger partial charge on any atom is -0.374 e. The fourth-order valence-electron chi connectivity index (χ4n) is 2.92. The second kappa shape index (κ2) is 7.86. The quantitative estimate of drug-likeness (QED) is 0.602. The third-order valence-electron chi connectivity index (χ3n) is 4.35. The predicted molar refractivity (Wildman–Crippen MR) is 103 cm³/mol. The molecule has 0 bridgehead atoms. The van der Waals surface area contributed by atoms with Crippen molar-refractivity contribution in [2.45, 2.75) is 25.8 Å². The molecule has 2 N–H and O–H groups in total. The fourth-order valence-corrected chi connectivity index (χ4v) is 2.92. The van der Waals surface area contributed by atoms with E-state index in [1.54, 1.807) is 11.8 Å². The highest BCUT2D eigenvalue weighted by molar-refractivity contribution is 5.97. The Hall–Kier alpha value is -3.42. The standard InChI is InChI=1S/C19H20N4O4/c1-13(19(25)21-14-7-9-16(10-8-14)23(26)27)20-15-4-2-5-17(12-15)22-11-3-6-18(22)24/h2,4-5,7-10,12-13,20H,3,6,11H2,1H3,(H,21,25)/t13-/m1/s1. The number of rotatable bonds is 6. The maximum atomic E-state index is 12.4. The van der Waals surface area contributed by atoms with Gasteiger partial charge < -0.3 is 15.5 Å². The minimum absolute atomic E-state index is 0.0348. The Kier molecular flexibility index (Phi) is 5.35. The van der Waals surface area contributed by atoms with Crippen LogP contribution in [0.2, 0.25) is 0 Å². The summed E-state index contributed by atoms with van der Waals surface area (Å²) in [5.74, 6) is -0.164. The molecule has 0 radical (unpaired) electrons. The van der Waals surface area contributed by atoms with Crippen molar-refractivity contribution in [1.29, 1.82) is 0 Å². The Balaban J connectivity index is 1.62. The molecule has 140 valence electrons. The molecule has 2 aromatic carbocycles. The number of amides is 2. The lowest BCUT2D eigenvalue weighted by Crippen LogP contribution is -2.32. The van der Waals surface area contributed by atoms with E-state index in [0.29, 0.717) is 18.7 Å². The molecule has 1 aliphatic heterocycles. The predicted octanol–water partition coefficient (Wildman–Crippen LogP) is 3.16. The molecule has 1 heterocycles. The molecule has 0 aliphatic carbocycles. The van der Waals surface area contributed by atoms with Crippen LogP contribution in [-0.4, -0.2) is 29.3 Å². The van der Waals surface area contributed by atoms with Crippen LogP contribution in [-0.2, 0) is 9.59 Å². The summed E-state index contributed by atoms with van der Waals surface area (Å²) in [5, 5.41) is 16.5. The van der Waals surface area contributed by atoms with Gasteiger partial charge in [0.1, 0.15) is 6.04 Å². The van der Waals surface area contributed by atoms with Crippen molar-refractivity contribution in [3.8, 4) is 0 Å². The van der Waals surface area contributed by atoms with Gasteiger partial charge in [0.15, 0.2) is 0 Å². The van der Waals surface area contributed by atoms with Crippen molar-refractivity contribution < 1.29 is 14.5 Å². The summed E-state index contributed by atoms with van der Waals surface area (Å²) in [6.45, 7) is 2.42. The van der Waals surface area contributed by atoms with E-state index in [1.165, 1.54) is 24.3 Å². The van der Waals surface area contributed by atoms with E-state index in [2.05, 4.69) is 10.6 Å². The van der Waals surface area contributed by atoms with Gasteiger partial charge in [-0.2, -0.15) is 0 Å². The largest absolute Gasteiger partial charge is 0.374 e. The number of anilines is 3. The van der Waals surface area contributed by atoms with E-state index >= 15 is 0 Å². The van der Waals surface area contributed by atoms with Crippen molar-refractivity contribution in [3.63, 3.8) is 0 Å². The Morgan fingerprint density at radius 2 is 1.93 bits per heavy atom. The van der Waals surface area contributed by atoms with E-state index < -0.39 is 11.0 Å². The highest BCUT2D eigenvalue weighted by Gasteiger charge is 2.22. The molecule has 8 heteroatoms. The van der Waals surface area contributed by atoms with Gasteiger partial charge in [0.05, 0.1) is 4.92 Å². The molecule has 0 spiro atoms. The van der Waals surface area contributed by atoms with Crippen molar-refractivity contribution in [2.75, 3.05) is 22.1 Å². The normalized spacial score (nSPS) is 14.7. The van der Waals surface area contributed by atoms with E-state index in [0.717, 1.165) is 17.8 Å². The monoisotopic (exact) mass is 368 g/mol. The number of carbonyl (C=O) groups excluding carboxylic acids is 2. The molecular weight excluding hydrogens is 348 g/mol. The number of nitrogens with zero attached hydrogens (tertiary/aromatic N) is 2. The molecular formula is C19H20N4O4. The van der Waals surface area contributed by atoms with Crippen molar-refractivity contribution in [2.24, 2.45) is 0 Å². The average molecular weight is 368 g/mol. The average Bonchev–Trinajstić information content (AvgIpc) is 3.08. The van der Waals surface area contributed by atoms with E-state index in [-0.39, 0.29) is 17.5 Å². The summed E-state index contributed by atoms with van der Waals surface area (Å²) in [6, 6.07) is 12.5. The maximum absolute atomic E-state index is 12.4. The molecule has 0 saturated carbocycles. The maximum Gasteiger partial charge on any atom is 0.269 e. The van der Waals surface area contributed by atoms with Gasteiger partial charge in [-0.15, -0.1) is 0 Å². The zero-order valence-electron chi connectivity index (χ0n) is 14.8. The molecule has 0 unspecified atom stereocenters. The van der Waals surface area contributed by atoms with Crippen LogP contribution in [0.3, 0.4) is 0 Å². The molecule has 3 rings (SSSR count). The second-order valence-corrected chi connectivity index (χ2v) is 6.36. The Labute approximate surface area is 156 Å². The fraction of sp³-hybridized carbons (Fsp3) is 0.263. The van der Waals surface area contributed by atoms with Crippen molar-refractivity contribution in [1.82, 2.24) is 0 Å². The van der Waals surface area contributed by atoms with Crippen molar-refractivity contribution >= 4 is 34.6 Å². The molecule has 2 aromatic rings. The summed E-state index contributed by atoms with van der Waals surface area (Å²) in [4.78, 5) is 36.2. The van der Waals surface area contributed by atoms with Crippen LogP contribution >= 0.6 is 0 Å². The highest BCUT2D eigenvalue weighted by atomic mass is 16.6. The number of hydrogen-bond donors (Lipinski definition) is 2. The first kappa shape index (κ1) is 18.4. The van der Waals surface area contributed by atoms with Gasteiger partial charge in [-0.3, -0.25) is 19.7 Å². The lowest BCUT2D eigenvalue weighted by Gasteiger charge is -2.19. The van der Waals surface area contributed by atoms with Gasteiger partial charge >= 0.3 is 0 Å². The third-order valence-corrected chi connectivity index (χ3v) is 4.35. The lowest BCUT2D eigenvalue weighted by molar-refractivity contribution is -0.384. The van der Waals surface area contributed by atoms with E-state index in [9.17, 15) is 19.7 Å². The SMILES string of the molecule is C[C@@H](Nc1cccc(N2CCCC2=O)c1)C(=O)Nc1ccc([N+](=O)[O-])cc1. The summed E-state index contributed by atoms with van der Waals surface area (Å²) in [7, 11) is 0. The van der Waals surface area contributed by atoms with Gasteiger partial charge in [0.25, 0.3) is 5.69 Å². The summed E-state index contributed by atoms with van der Waals surface area (Å²) >= 11 is 0. The molecule has 2 amide bonds. The number of hydrogen-bond acceptors (Lipinski definition) is 5. The summed E-state index contributed by atoms with van der Waals surface area (Å²) in [6.07, 6.45) is 1.41. The van der Waals surface area contributed by atoms with E-state index in [4.69, 9.17) is 0 Å². The van der Waals surface area contributed by atoms with Crippen LogP contribution in [0.25, 0.3) is 0 Å². The van der Waals surface area contributed by atoms with E-state index in [1.807, 2.05) is 24.3 Å². The first-order valence-electron chi connectivity index (χ1n) is 8.66. The van der Waals surface area contributed by atoms with Gasteiger partial charge in [-0.25, -0.2) is 0 Å². The number of nitro benzene ring substituents is 1. The van der Waals surface area contributed by atoms with Crippen molar-refractivity contribution in [3.05, 3.63) is 58.6 Å². The number of carbonyl (C=O) groups is 2. The second-order valence-electron chi connectivity index (χ2n) is 6.36. The molecule has 1 atom stereocenters. The third kappa shape index (κ3) is 4.41. The Morgan fingerprint density at radius 1 is 1.19 bits per heavy atom. The summed E-state index contributed by atoms with van der Waals surface area (Å²) in [5.41, 5.74) is 1.99. The van der Waals surface area contributed by atoms with Crippen LogP contribution in [0.15, 0.2) is 48.5 Å². The van der Waals surface area contributed by atoms with Gasteiger partial charge in [0.2, 0.25) is 11.8 Å². The van der Waals surface area contributed by atoms with Crippen LogP contribution in [0.1, 0.15) is 19.8 Å². The molecule has 8 nitrogen and oxygen atoms in total. The molecule has 0 aromatic heterocycles. The number of nitro groups is 1. The van der Waals surface area contributed by atoms with Gasteiger partial charge in [0, 0.05) is 42.2 Å². The Bertz CT molecular complexity index is 866.